The van der Waals surface area contributed by atoms with E-state index < -0.39 is 0 Å². The van der Waals surface area contributed by atoms with Gasteiger partial charge in [0.15, 0.2) is 0 Å². The van der Waals surface area contributed by atoms with Gasteiger partial charge in [-0.25, -0.2) is 0 Å². The highest BCUT2D eigenvalue weighted by atomic mass is 16.3. The second kappa shape index (κ2) is 6.82. The number of aromatic hydroxyl groups is 1. The van der Waals surface area contributed by atoms with Gasteiger partial charge >= 0.3 is 0 Å². The molecule has 2 aliphatic rings. The summed E-state index contributed by atoms with van der Waals surface area (Å²) < 4.78 is 0. The first-order chi connectivity index (χ1) is 11.5. The Balaban J connectivity index is 2.02. The average molecular weight is 328 g/mol. The van der Waals surface area contributed by atoms with Gasteiger partial charge in [0.05, 0.1) is 0 Å². The SMILES string of the molecule is C=C(CCC)N(CC)[C@@H]1Cc2ccc(O)cc2[C@@]2(C)CCCC[C@@H]12. The van der Waals surface area contributed by atoms with Crippen LogP contribution in [0.4, 0.5) is 0 Å². The van der Waals surface area contributed by atoms with Gasteiger partial charge in [-0.1, -0.05) is 45.8 Å². The number of phenolic OH excluding ortho intramolecular Hbond substituents is 1. The first kappa shape index (κ1) is 17.4. The van der Waals surface area contributed by atoms with E-state index in [1.165, 1.54) is 42.5 Å². The second-order valence-electron chi connectivity index (χ2n) is 7.98. The number of rotatable bonds is 5. The fourth-order valence-corrected chi connectivity index (χ4v) is 5.41. The highest BCUT2D eigenvalue weighted by molar-refractivity contribution is 5.44. The molecule has 1 aromatic carbocycles. The molecule has 0 amide bonds. The van der Waals surface area contributed by atoms with E-state index in [-0.39, 0.29) is 5.41 Å². The zero-order valence-corrected chi connectivity index (χ0v) is 15.6. The Kier molecular flexibility index (Phi) is 4.94. The molecule has 0 bridgehead atoms. The Bertz CT molecular complexity index is 608. The molecular weight excluding hydrogens is 294 g/mol. The molecule has 2 heteroatoms. The van der Waals surface area contributed by atoms with Crippen LogP contribution >= 0.6 is 0 Å². The van der Waals surface area contributed by atoms with E-state index in [0.29, 0.717) is 17.7 Å². The molecule has 0 aliphatic heterocycles. The van der Waals surface area contributed by atoms with Gasteiger partial charge < -0.3 is 10.0 Å². The van der Waals surface area contributed by atoms with E-state index >= 15 is 0 Å². The third-order valence-electron chi connectivity index (χ3n) is 6.57. The van der Waals surface area contributed by atoms with Gasteiger partial charge in [0, 0.05) is 18.3 Å². The Labute approximate surface area is 147 Å². The van der Waals surface area contributed by atoms with Crippen LogP contribution in [-0.4, -0.2) is 22.6 Å². The summed E-state index contributed by atoms with van der Waals surface area (Å²) in [5, 5.41) is 10.0. The van der Waals surface area contributed by atoms with Gasteiger partial charge in [-0.05, 0) is 67.2 Å². The zero-order chi connectivity index (χ0) is 17.3. The van der Waals surface area contributed by atoms with Crippen LogP contribution in [0.1, 0.15) is 70.4 Å². The summed E-state index contributed by atoms with van der Waals surface area (Å²) in [6.45, 7) is 12.4. The fraction of sp³-hybridized carbons (Fsp3) is 0.636. The lowest BCUT2D eigenvalue weighted by Gasteiger charge is -2.54. The number of likely N-dealkylation sites (N-methyl/N-ethyl adjacent to an activating group) is 1. The monoisotopic (exact) mass is 327 g/mol. The summed E-state index contributed by atoms with van der Waals surface area (Å²) in [4.78, 5) is 2.59. The van der Waals surface area contributed by atoms with E-state index in [2.05, 4.69) is 38.3 Å². The number of hydrogen-bond donors (Lipinski definition) is 1. The Morgan fingerprint density at radius 3 is 2.83 bits per heavy atom. The largest absolute Gasteiger partial charge is 0.508 e. The van der Waals surface area contributed by atoms with Crippen molar-refractivity contribution in [2.75, 3.05) is 6.54 Å². The second-order valence-corrected chi connectivity index (χ2v) is 7.98. The molecule has 0 heterocycles. The molecule has 0 unspecified atom stereocenters. The van der Waals surface area contributed by atoms with Crippen molar-refractivity contribution in [3.05, 3.63) is 41.6 Å². The van der Waals surface area contributed by atoms with Crippen molar-refractivity contribution >= 4 is 0 Å². The normalized spacial score (nSPS) is 28.8. The number of phenols is 1. The van der Waals surface area contributed by atoms with Crippen LogP contribution in [0.3, 0.4) is 0 Å². The van der Waals surface area contributed by atoms with Crippen molar-refractivity contribution in [3.8, 4) is 5.75 Å². The van der Waals surface area contributed by atoms with Crippen molar-refractivity contribution in [3.63, 3.8) is 0 Å². The molecular formula is C22H33NO. The molecule has 0 spiro atoms. The van der Waals surface area contributed by atoms with Gasteiger partial charge in [-0.3, -0.25) is 0 Å². The first-order valence-electron chi connectivity index (χ1n) is 9.78. The van der Waals surface area contributed by atoms with Crippen LogP contribution in [0.5, 0.6) is 5.75 Å². The smallest absolute Gasteiger partial charge is 0.115 e. The lowest BCUT2D eigenvalue weighted by molar-refractivity contribution is 0.0735. The summed E-state index contributed by atoms with van der Waals surface area (Å²) >= 11 is 0. The van der Waals surface area contributed by atoms with Crippen LogP contribution in [0.2, 0.25) is 0 Å². The summed E-state index contributed by atoms with van der Waals surface area (Å²) in [7, 11) is 0. The Morgan fingerprint density at radius 1 is 1.33 bits per heavy atom. The molecule has 3 atom stereocenters. The number of hydrogen-bond acceptors (Lipinski definition) is 2. The van der Waals surface area contributed by atoms with Crippen molar-refractivity contribution < 1.29 is 5.11 Å². The van der Waals surface area contributed by atoms with E-state index in [1.807, 2.05) is 12.1 Å². The minimum Gasteiger partial charge on any atom is -0.508 e. The van der Waals surface area contributed by atoms with E-state index in [1.54, 1.807) is 0 Å². The van der Waals surface area contributed by atoms with Crippen LogP contribution < -0.4 is 0 Å². The predicted octanol–water partition coefficient (Wildman–Crippen LogP) is 5.40. The molecule has 1 aromatic rings. The maximum atomic E-state index is 10.0. The Hall–Kier alpha value is -1.44. The van der Waals surface area contributed by atoms with Crippen LogP contribution in [0, 0.1) is 5.92 Å². The quantitative estimate of drug-likeness (QED) is 0.782. The van der Waals surface area contributed by atoms with Crippen LogP contribution in [-0.2, 0) is 11.8 Å². The maximum Gasteiger partial charge on any atom is 0.115 e. The fourth-order valence-electron chi connectivity index (χ4n) is 5.41. The highest BCUT2D eigenvalue weighted by Crippen LogP contribution is 2.52. The van der Waals surface area contributed by atoms with Gasteiger partial charge in [-0.15, -0.1) is 0 Å². The van der Waals surface area contributed by atoms with Crippen molar-refractivity contribution in [1.29, 1.82) is 0 Å². The van der Waals surface area contributed by atoms with Gasteiger partial charge in [0.1, 0.15) is 5.75 Å². The molecule has 132 valence electrons. The average Bonchev–Trinajstić information content (AvgIpc) is 2.56. The molecule has 2 nitrogen and oxygen atoms in total. The standard InChI is InChI=1S/C22H33NO/c1-5-9-16(3)23(6-2)21-14-17-11-12-18(24)15-20(17)22(4)13-8-7-10-19(21)22/h11-12,15,19,21,24H,3,5-10,13-14H2,1-2,4H3/t19-,21+,22-/m0/s1. The highest BCUT2D eigenvalue weighted by Gasteiger charge is 2.48. The number of fused-ring (bicyclic) bond motifs is 3. The van der Waals surface area contributed by atoms with E-state index in [0.717, 1.165) is 25.8 Å². The number of allylic oxidation sites excluding steroid dienone is 1. The zero-order valence-electron chi connectivity index (χ0n) is 15.6. The molecule has 0 aromatic heterocycles. The van der Waals surface area contributed by atoms with Crippen molar-refractivity contribution in [2.45, 2.75) is 77.2 Å². The summed E-state index contributed by atoms with van der Waals surface area (Å²) in [5.74, 6) is 1.08. The minimum atomic E-state index is 0.190. The van der Waals surface area contributed by atoms with Gasteiger partial charge in [-0.2, -0.15) is 0 Å². The summed E-state index contributed by atoms with van der Waals surface area (Å²) in [5.41, 5.74) is 4.33. The molecule has 1 saturated carbocycles. The topological polar surface area (TPSA) is 23.5 Å². The molecule has 1 fully saturated rings. The number of nitrogens with zero attached hydrogens (tertiary/aromatic N) is 1. The minimum absolute atomic E-state index is 0.190. The lowest BCUT2D eigenvalue weighted by Crippen LogP contribution is -2.53. The van der Waals surface area contributed by atoms with Crippen molar-refractivity contribution in [2.24, 2.45) is 5.92 Å². The Morgan fingerprint density at radius 2 is 2.12 bits per heavy atom. The molecule has 0 radical (unpaired) electrons. The lowest BCUT2D eigenvalue weighted by atomic mass is 9.56. The summed E-state index contributed by atoms with van der Waals surface area (Å²) in [6.07, 6.45) is 8.52. The third kappa shape index (κ3) is 2.85. The maximum absolute atomic E-state index is 10.0. The van der Waals surface area contributed by atoms with E-state index in [4.69, 9.17) is 0 Å². The first-order valence-corrected chi connectivity index (χ1v) is 9.78. The number of benzene rings is 1. The molecule has 1 N–H and O–H groups in total. The molecule has 3 rings (SSSR count). The van der Waals surface area contributed by atoms with Gasteiger partial charge in [0.2, 0.25) is 0 Å². The molecule has 0 saturated heterocycles. The molecule has 2 aliphatic carbocycles. The van der Waals surface area contributed by atoms with E-state index in [9.17, 15) is 5.11 Å². The van der Waals surface area contributed by atoms with Gasteiger partial charge in [0.25, 0.3) is 0 Å². The van der Waals surface area contributed by atoms with Crippen LogP contribution in [0.25, 0.3) is 0 Å². The molecule has 24 heavy (non-hydrogen) atoms. The predicted molar refractivity (Wildman–Crippen MR) is 101 cm³/mol. The summed E-state index contributed by atoms with van der Waals surface area (Å²) in [6, 6.07) is 6.61. The van der Waals surface area contributed by atoms with Crippen LogP contribution in [0.15, 0.2) is 30.5 Å². The van der Waals surface area contributed by atoms with Crippen molar-refractivity contribution in [1.82, 2.24) is 4.90 Å². The third-order valence-corrected chi connectivity index (χ3v) is 6.57.